The fraction of sp³-hybridized carbons (Fsp3) is 0.150. The van der Waals surface area contributed by atoms with E-state index in [0.29, 0.717) is 27.4 Å². The van der Waals surface area contributed by atoms with E-state index in [4.69, 9.17) is 23.2 Å². The highest BCUT2D eigenvalue weighted by atomic mass is 35.5. The van der Waals surface area contributed by atoms with E-state index in [-0.39, 0.29) is 11.6 Å². The van der Waals surface area contributed by atoms with Crippen molar-refractivity contribution in [2.75, 3.05) is 16.8 Å². The highest BCUT2D eigenvalue weighted by molar-refractivity contribution is 6.36. The molecule has 0 atom stereocenters. The number of halogens is 2. The summed E-state index contributed by atoms with van der Waals surface area (Å²) in [5.41, 5.74) is 3.15. The second kappa shape index (κ2) is 7.18. The van der Waals surface area contributed by atoms with Crippen LogP contribution >= 0.6 is 23.2 Å². The van der Waals surface area contributed by atoms with Crippen molar-refractivity contribution < 1.29 is 4.79 Å². The van der Waals surface area contributed by atoms with E-state index in [0.717, 1.165) is 18.7 Å². The summed E-state index contributed by atoms with van der Waals surface area (Å²) in [6.45, 7) is 2.59. The number of benzene rings is 2. The Labute approximate surface area is 167 Å². The molecule has 0 aliphatic carbocycles. The van der Waals surface area contributed by atoms with Gasteiger partial charge in [0.1, 0.15) is 17.3 Å². The van der Waals surface area contributed by atoms with Crippen molar-refractivity contribution in [1.29, 1.82) is 0 Å². The largest absolute Gasteiger partial charge is 0.326 e. The lowest BCUT2D eigenvalue weighted by Crippen LogP contribution is -2.19. The van der Waals surface area contributed by atoms with Gasteiger partial charge in [0.05, 0.1) is 10.7 Å². The first-order chi connectivity index (χ1) is 13.0. The van der Waals surface area contributed by atoms with Crippen LogP contribution in [0.4, 0.5) is 17.2 Å². The highest BCUT2D eigenvalue weighted by Crippen LogP contribution is 2.33. The number of aromatic nitrogens is 2. The minimum Gasteiger partial charge on any atom is -0.326 e. The van der Waals surface area contributed by atoms with Gasteiger partial charge in [-0.25, -0.2) is 9.97 Å². The minimum absolute atomic E-state index is 0.285. The van der Waals surface area contributed by atoms with Crippen LogP contribution in [-0.4, -0.2) is 22.4 Å². The topological polar surface area (TPSA) is 58.1 Å². The monoisotopic (exact) mass is 398 g/mol. The molecule has 7 heteroatoms. The van der Waals surface area contributed by atoms with Crippen molar-refractivity contribution in [1.82, 2.24) is 9.97 Å². The fourth-order valence-corrected chi connectivity index (χ4v) is 3.62. The molecule has 4 rings (SSSR count). The van der Waals surface area contributed by atoms with Crippen LogP contribution in [0.1, 0.15) is 21.9 Å². The number of hydrogen-bond donors (Lipinski definition) is 1. The molecule has 1 aliphatic heterocycles. The molecule has 27 heavy (non-hydrogen) atoms. The van der Waals surface area contributed by atoms with Crippen LogP contribution in [0.15, 0.2) is 48.5 Å². The van der Waals surface area contributed by atoms with Crippen LogP contribution in [0.25, 0.3) is 0 Å². The number of carbonyl (C=O) groups excluding carboxylic acids is 1. The fourth-order valence-electron chi connectivity index (χ4n) is 3.16. The van der Waals surface area contributed by atoms with E-state index in [1.54, 1.807) is 31.2 Å². The smallest absolute Gasteiger partial charge is 0.274 e. The van der Waals surface area contributed by atoms with Crippen LogP contribution in [-0.2, 0) is 6.42 Å². The normalized spacial score (nSPS) is 12.8. The molecule has 2 aromatic carbocycles. The second-order valence-electron chi connectivity index (χ2n) is 6.27. The zero-order chi connectivity index (χ0) is 19.0. The summed E-state index contributed by atoms with van der Waals surface area (Å²) in [5.74, 6) is 0.891. The molecule has 1 aliphatic rings. The molecule has 1 amide bonds. The molecule has 0 unspecified atom stereocenters. The van der Waals surface area contributed by atoms with Crippen molar-refractivity contribution in [3.05, 3.63) is 75.7 Å². The Morgan fingerprint density at radius 1 is 1.11 bits per heavy atom. The molecular formula is C20H16Cl2N4O. The third kappa shape index (κ3) is 3.61. The first-order valence-electron chi connectivity index (χ1n) is 8.49. The van der Waals surface area contributed by atoms with Gasteiger partial charge >= 0.3 is 0 Å². The minimum atomic E-state index is -0.349. The Hall–Kier alpha value is -2.63. The molecular weight excluding hydrogens is 383 g/mol. The molecule has 0 saturated carbocycles. The summed E-state index contributed by atoms with van der Waals surface area (Å²) < 4.78 is 0. The number of aryl methyl sites for hydroxylation is 1. The Morgan fingerprint density at radius 3 is 2.74 bits per heavy atom. The van der Waals surface area contributed by atoms with E-state index < -0.39 is 0 Å². The predicted octanol–water partition coefficient (Wildman–Crippen LogP) is 5.04. The number of hydrogen-bond acceptors (Lipinski definition) is 4. The average Bonchev–Trinajstić information content (AvgIpc) is 3.07. The van der Waals surface area contributed by atoms with Gasteiger partial charge in [0.25, 0.3) is 5.91 Å². The molecule has 3 aromatic rings. The van der Waals surface area contributed by atoms with Crippen LogP contribution in [0.2, 0.25) is 10.0 Å². The number of carbonyl (C=O) groups is 1. The summed E-state index contributed by atoms with van der Waals surface area (Å²) in [6.07, 6.45) is 0.946. The number of fused-ring (bicyclic) bond motifs is 1. The van der Waals surface area contributed by atoms with Crippen LogP contribution < -0.4 is 10.2 Å². The highest BCUT2D eigenvalue weighted by Gasteiger charge is 2.22. The van der Waals surface area contributed by atoms with E-state index in [9.17, 15) is 4.79 Å². The molecule has 0 bridgehead atoms. The molecule has 2 heterocycles. The number of nitrogens with zero attached hydrogens (tertiary/aromatic N) is 3. The van der Waals surface area contributed by atoms with Gasteiger partial charge in [-0.1, -0.05) is 41.4 Å². The molecule has 136 valence electrons. The maximum Gasteiger partial charge on any atom is 0.274 e. The Bertz CT molecular complexity index is 1040. The second-order valence-corrected chi connectivity index (χ2v) is 7.11. The molecule has 0 saturated heterocycles. The van der Waals surface area contributed by atoms with Gasteiger partial charge in [-0.2, -0.15) is 0 Å². The lowest BCUT2D eigenvalue weighted by Gasteiger charge is -2.19. The zero-order valence-electron chi connectivity index (χ0n) is 14.5. The van der Waals surface area contributed by atoms with Crippen LogP contribution in [0.5, 0.6) is 0 Å². The number of nitrogens with one attached hydrogen (secondary N) is 1. The number of para-hydroxylation sites is 1. The van der Waals surface area contributed by atoms with Gasteiger partial charge in [-0.3, -0.25) is 4.79 Å². The average molecular weight is 399 g/mol. The predicted molar refractivity (Wildman–Crippen MR) is 108 cm³/mol. The number of anilines is 3. The van der Waals surface area contributed by atoms with E-state index in [1.807, 2.05) is 12.1 Å². The maximum atomic E-state index is 12.7. The van der Waals surface area contributed by atoms with Crippen molar-refractivity contribution in [2.24, 2.45) is 0 Å². The van der Waals surface area contributed by atoms with Gasteiger partial charge in [0, 0.05) is 23.3 Å². The Kier molecular flexibility index (Phi) is 4.72. The van der Waals surface area contributed by atoms with Gasteiger partial charge in [0.2, 0.25) is 0 Å². The lowest BCUT2D eigenvalue weighted by atomic mass is 10.2. The lowest BCUT2D eigenvalue weighted by molar-refractivity contribution is 0.102. The molecule has 5 nitrogen and oxygen atoms in total. The summed E-state index contributed by atoms with van der Waals surface area (Å²) >= 11 is 12.0. The molecule has 1 N–H and O–H groups in total. The van der Waals surface area contributed by atoms with Gasteiger partial charge in [-0.05, 0) is 43.2 Å². The molecule has 0 fully saturated rings. The third-order valence-corrected chi connectivity index (χ3v) is 4.95. The van der Waals surface area contributed by atoms with Gasteiger partial charge in [-0.15, -0.1) is 0 Å². The maximum absolute atomic E-state index is 12.7. The SMILES string of the molecule is Cc1nc(C(=O)Nc2ccc(Cl)cc2Cl)cc(N2CCc3ccccc32)n1. The van der Waals surface area contributed by atoms with E-state index >= 15 is 0 Å². The number of amides is 1. The summed E-state index contributed by atoms with van der Waals surface area (Å²) in [5, 5.41) is 3.66. The van der Waals surface area contributed by atoms with Crippen molar-refractivity contribution in [2.45, 2.75) is 13.3 Å². The number of rotatable bonds is 3. The van der Waals surface area contributed by atoms with Gasteiger partial charge in [0.15, 0.2) is 0 Å². The van der Waals surface area contributed by atoms with E-state index in [2.05, 4.69) is 32.3 Å². The zero-order valence-corrected chi connectivity index (χ0v) is 16.1. The third-order valence-electron chi connectivity index (χ3n) is 4.40. The standard InChI is InChI=1S/C20H16Cl2N4O/c1-12-23-17(20(27)25-16-7-6-14(21)10-15(16)22)11-19(24-12)26-9-8-13-4-2-3-5-18(13)26/h2-7,10-11H,8-9H2,1H3,(H,25,27). The first-order valence-corrected chi connectivity index (χ1v) is 9.24. The Balaban J connectivity index is 1.64. The van der Waals surface area contributed by atoms with Crippen LogP contribution in [0.3, 0.4) is 0 Å². The molecule has 0 spiro atoms. The summed E-state index contributed by atoms with van der Waals surface area (Å²) in [6, 6.07) is 14.8. The Morgan fingerprint density at radius 2 is 1.93 bits per heavy atom. The van der Waals surface area contributed by atoms with Crippen molar-refractivity contribution in [3.63, 3.8) is 0 Å². The quantitative estimate of drug-likeness (QED) is 0.671. The van der Waals surface area contributed by atoms with Gasteiger partial charge < -0.3 is 10.2 Å². The van der Waals surface area contributed by atoms with Crippen molar-refractivity contribution >= 4 is 46.3 Å². The summed E-state index contributed by atoms with van der Waals surface area (Å²) in [4.78, 5) is 23.6. The molecule has 0 radical (unpaired) electrons. The molecule has 1 aromatic heterocycles. The van der Waals surface area contributed by atoms with E-state index in [1.165, 1.54) is 5.56 Å². The van der Waals surface area contributed by atoms with Crippen LogP contribution in [0, 0.1) is 6.92 Å². The first kappa shape index (κ1) is 17.8. The summed E-state index contributed by atoms with van der Waals surface area (Å²) in [7, 11) is 0. The van der Waals surface area contributed by atoms with Crippen molar-refractivity contribution in [3.8, 4) is 0 Å².